The summed E-state index contributed by atoms with van der Waals surface area (Å²) in [5.74, 6) is 0. The standard InChI is InChI=1S/C19H15BrN2O4S/c20-16-8-6-15(7-9-16)19(14-4-2-1-3-5-14)21-27(25,26)18-12-10-17(11-13-18)22(23)24/h1-13,19,21H/t19-/m1/s1. The molecule has 0 fully saturated rings. The van der Waals surface area contributed by atoms with Crippen LogP contribution >= 0.6 is 15.9 Å². The molecular weight excluding hydrogens is 432 g/mol. The zero-order valence-corrected chi connectivity index (χ0v) is 16.4. The largest absolute Gasteiger partial charge is 0.269 e. The van der Waals surface area contributed by atoms with Crippen LogP contribution in [0.2, 0.25) is 0 Å². The number of nitro groups is 1. The molecular formula is C19H15BrN2O4S. The van der Waals surface area contributed by atoms with Crippen molar-refractivity contribution in [2.45, 2.75) is 10.9 Å². The third kappa shape index (κ3) is 4.60. The van der Waals surface area contributed by atoms with Gasteiger partial charge in [-0.25, -0.2) is 8.42 Å². The van der Waals surface area contributed by atoms with Gasteiger partial charge >= 0.3 is 0 Å². The molecule has 0 heterocycles. The van der Waals surface area contributed by atoms with E-state index in [-0.39, 0.29) is 10.6 Å². The molecule has 1 N–H and O–H groups in total. The van der Waals surface area contributed by atoms with Crippen molar-refractivity contribution < 1.29 is 13.3 Å². The average Bonchev–Trinajstić information content (AvgIpc) is 2.68. The molecule has 0 spiro atoms. The van der Waals surface area contributed by atoms with Gasteiger partial charge in [-0.05, 0) is 35.4 Å². The SMILES string of the molecule is O=[N+]([O-])c1ccc(S(=O)(=O)N[C@H](c2ccccc2)c2ccc(Br)cc2)cc1. The Kier molecular flexibility index (Phi) is 5.69. The molecule has 8 heteroatoms. The Morgan fingerprint density at radius 2 is 1.41 bits per heavy atom. The van der Waals surface area contributed by atoms with Crippen molar-refractivity contribution in [3.63, 3.8) is 0 Å². The minimum absolute atomic E-state index is 0.0360. The summed E-state index contributed by atoms with van der Waals surface area (Å²) in [6.07, 6.45) is 0. The van der Waals surface area contributed by atoms with Gasteiger partial charge in [-0.2, -0.15) is 4.72 Å². The third-order valence-corrected chi connectivity index (χ3v) is 5.93. The van der Waals surface area contributed by atoms with Crippen molar-refractivity contribution in [2.75, 3.05) is 0 Å². The topological polar surface area (TPSA) is 89.3 Å². The number of non-ortho nitro benzene ring substituents is 1. The first kappa shape index (κ1) is 19.2. The van der Waals surface area contributed by atoms with Crippen molar-refractivity contribution >= 4 is 31.6 Å². The molecule has 0 radical (unpaired) electrons. The van der Waals surface area contributed by atoms with Gasteiger partial charge in [-0.1, -0.05) is 58.4 Å². The first-order valence-electron chi connectivity index (χ1n) is 7.94. The molecule has 3 aromatic rings. The highest BCUT2D eigenvalue weighted by atomic mass is 79.9. The van der Waals surface area contributed by atoms with Crippen LogP contribution in [0.3, 0.4) is 0 Å². The smallest absolute Gasteiger partial charge is 0.258 e. The van der Waals surface area contributed by atoms with Gasteiger partial charge in [-0.15, -0.1) is 0 Å². The lowest BCUT2D eigenvalue weighted by atomic mass is 10.00. The van der Waals surface area contributed by atoms with E-state index in [0.29, 0.717) is 0 Å². The second-order valence-corrected chi connectivity index (χ2v) is 8.40. The molecule has 0 saturated carbocycles. The second kappa shape index (κ2) is 7.99. The Morgan fingerprint density at radius 1 is 0.852 bits per heavy atom. The van der Waals surface area contributed by atoms with Crippen LogP contribution in [0.1, 0.15) is 17.2 Å². The van der Waals surface area contributed by atoms with E-state index in [1.54, 1.807) is 0 Å². The van der Waals surface area contributed by atoms with Crippen LogP contribution in [0.4, 0.5) is 5.69 Å². The summed E-state index contributed by atoms with van der Waals surface area (Å²) in [4.78, 5) is 10.2. The summed E-state index contributed by atoms with van der Waals surface area (Å²) < 4.78 is 29.3. The van der Waals surface area contributed by atoms with Gasteiger partial charge in [0.25, 0.3) is 5.69 Å². The molecule has 27 heavy (non-hydrogen) atoms. The number of nitrogens with one attached hydrogen (secondary N) is 1. The van der Waals surface area contributed by atoms with Gasteiger partial charge in [0, 0.05) is 16.6 Å². The van der Waals surface area contributed by atoms with Crippen molar-refractivity contribution in [1.82, 2.24) is 4.72 Å². The van der Waals surface area contributed by atoms with E-state index in [9.17, 15) is 18.5 Å². The summed E-state index contributed by atoms with van der Waals surface area (Å²) in [5.41, 5.74) is 1.39. The zero-order valence-electron chi connectivity index (χ0n) is 13.9. The lowest BCUT2D eigenvalue weighted by Gasteiger charge is -2.20. The second-order valence-electron chi connectivity index (χ2n) is 5.77. The Balaban J connectivity index is 1.98. The zero-order chi connectivity index (χ0) is 19.4. The summed E-state index contributed by atoms with van der Waals surface area (Å²) in [5, 5.41) is 10.8. The number of nitro benzene ring substituents is 1. The number of halogens is 1. The van der Waals surface area contributed by atoms with Crippen LogP contribution in [0.5, 0.6) is 0 Å². The molecule has 0 saturated heterocycles. The minimum Gasteiger partial charge on any atom is -0.258 e. The van der Waals surface area contributed by atoms with E-state index in [1.807, 2.05) is 54.6 Å². The third-order valence-electron chi connectivity index (χ3n) is 3.97. The maximum atomic E-state index is 12.8. The number of hydrogen-bond donors (Lipinski definition) is 1. The maximum absolute atomic E-state index is 12.8. The van der Waals surface area contributed by atoms with Gasteiger partial charge in [-0.3, -0.25) is 10.1 Å². The van der Waals surface area contributed by atoms with E-state index in [0.717, 1.165) is 15.6 Å². The highest BCUT2D eigenvalue weighted by molar-refractivity contribution is 9.10. The van der Waals surface area contributed by atoms with Crippen LogP contribution in [0.15, 0.2) is 88.2 Å². The molecule has 0 aliphatic heterocycles. The number of sulfonamides is 1. The molecule has 3 aromatic carbocycles. The molecule has 0 aliphatic rings. The first-order valence-corrected chi connectivity index (χ1v) is 10.2. The van der Waals surface area contributed by atoms with Crippen LogP contribution in [-0.4, -0.2) is 13.3 Å². The van der Waals surface area contributed by atoms with Crippen molar-refractivity contribution in [2.24, 2.45) is 0 Å². The summed E-state index contributed by atoms with van der Waals surface area (Å²) in [7, 11) is -3.89. The number of nitrogens with zero attached hydrogens (tertiary/aromatic N) is 1. The average molecular weight is 447 g/mol. The van der Waals surface area contributed by atoms with Crippen molar-refractivity contribution in [3.05, 3.63) is 105 Å². The molecule has 0 amide bonds. The Bertz CT molecular complexity index is 1040. The van der Waals surface area contributed by atoms with E-state index in [1.165, 1.54) is 24.3 Å². The highest BCUT2D eigenvalue weighted by Gasteiger charge is 2.23. The van der Waals surface area contributed by atoms with E-state index >= 15 is 0 Å². The van der Waals surface area contributed by atoms with Crippen molar-refractivity contribution in [1.29, 1.82) is 0 Å². The summed E-state index contributed by atoms with van der Waals surface area (Å²) in [6.45, 7) is 0. The summed E-state index contributed by atoms with van der Waals surface area (Å²) in [6, 6.07) is 20.7. The molecule has 0 unspecified atom stereocenters. The first-order chi connectivity index (χ1) is 12.9. The fourth-order valence-electron chi connectivity index (χ4n) is 2.60. The molecule has 1 atom stereocenters. The Hall–Kier alpha value is -2.55. The van der Waals surface area contributed by atoms with E-state index in [2.05, 4.69) is 20.7 Å². The van der Waals surface area contributed by atoms with Crippen LogP contribution in [-0.2, 0) is 10.0 Å². The molecule has 0 bridgehead atoms. The van der Waals surface area contributed by atoms with Gasteiger partial charge in [0.15, 0.2) is 0 Å². The van der Waals surface area contributed by atoms with Crippen molar-refractivity contribution in [3.8, 4) is 0 Å². The fourth-order valence-corrected chi connectivity index (χ4v) is 4.08. The van der Waals surface area contributed by atoms with Crippen LogP contribution < -0.4 is 4.72 Å². The molecule has 0 aromatic heterocycles. The number of hydrogen-bond acceptors (Lipinski definition) is 4. The Morgan fingerprint density at radius 3 is 1.96 bits per heavy atom. The lowest BCUT2D eigenvalue weighted by molar-refractivity contribution is -0.384. The number of benzene rings is 3. The Labute approximate surface area is 165 Å². The predicted octanol–water partition coefficient (Wildman–Crippen LogP) is 4.43. The molecule has 3 rings (SSSR count). The lowest BCUT2D eigenvalue weighted by Crippen LogP contribution is -2.29. The van der Waals surface area contributed by atoms with Gasteiger partial charge in [0.1, 0.15) is 0 Å². The van der Waals surface area contributed by atoms with Crippen LogP contribution in [0, 0.1) is 10.1 Å². The number of rotatable bonds is 6. The summed E-state index contributed by atoms with van der Waals surface area (Å²) >= 11 is 3.37. The fraction of sp³-hybridized carbons (Fsp3) is 0.0526. The molecule has 6 nitrogen and oxygen atoms in total. The maximum Gasteiger partial charge on any atom is 0.269 e. The minimum atomic E-state index is -3.89. The quantitative estimate of drug-likeness (QED) is 0.448. The monoisotopic (exact) mass is 446 g/mol. The normalized spacial score (nSPS) is 12.5. The van der Waals surface area contributed by atoms with Crippen LogP contribution in [0.25, 0.3) is 0 Å². The van der Waals surface area contributed by atoms with Gasteiger partial charge in [0.2, 0.25) is 10.0 Å². The highest BCUT2D eigenvalue weighted by Crippen LogP contribution is 2.26. The van der Waals surface area contributed by atoms with Gasteiger partial charge < -0.3 is 0 Å². The molecule has 138 valence electrons. The van der Waals surface area contributed by atoms with E-state index < -0.39 is 21.0 Å². The predicted molar refractivity (Wildman–Crippen MR) is 106 cm³/mol. The van der Waals surface area contributed by atoms with Gasteiger partial charge in [0.05, 0.1) is 15.9 Å². The van der Waals surface area contributed by atoms with E-state index in [4.69, 9.17) is 0 Å². The molecule has 0 aliphatic carbocycles.